The zero-order valence-electron chi connectivity index (χ0n) is 17.6. The van der Waals surface area contributed by atoms with Gasteiger partial charge in [-0.05, 0) is 36.8 Å². The van der Waals surface area contributed by atoms with E-state index in [1.165, 1.54) is 35.4 Å². The number of non-ortho nitro benzene ring substituents is 1. The number of rotatable bonds is 8. The van der Waals surface area contributed by atoms with Gasteiger partial charge in [0.25, 0.3) is 11.6 Å². The Kier molecular flexibility index (Phi) is 6.50. The van der Waals surface area contributed by atoms with Crippen LogP contribution in [-0.4, -0.2) is 32.4 Å². The zero-order valence-corrected chi connectivity index (χ0v) is 18.4. The molecule has 0 aliphatic rings. The van der Waals surface area contributed by atoms with Crippen molar-refractivity contribution in [3.63, 3.8) is 0 Å². The maximum atomic E-state index is 13.1. The zero-order chi connectivity index (χ0) is 23.4. The molecular formula is C23H19ClN4O5. The van der Waals surface area contributed by atoms with E-state index in [9.17, 15) is 14.9 Å². The van der Waals surface area contributed by atoms with Crippen LogP contribution in [0.25, 0.3) is 11.4 Å². The molecule has 2 aromatic heterocycles. The number of aryl methyl sites for hydroxylation is 1. The van der Waals surface area contributed by atoms with Crippen molar-refractivity contribution in [3.05, 3.63) is 98.8 Å². The topological polar surface area (TPSA) is 116 Å². The third-order valence-corrected chi connectivity index (χ3v) is 5.42. The molecule has 0 atom stereocenters. The lowest BCUT2D eigenvalue weighted by Crippen LogP contribution is -2.32. The summed E-state index contributed by atoms with van der Waals surface area (Å²) in [6.45, 7) is 2.32. The number of halogens is 1. The van der Waals surface area contributed by atoms with E-state index in [0.29, 0.717) is 22.5 Å². The molecule has 0 radical (unpaired) electrons. The lowest BCUT2D eigenvalue weighted by molar-refractivity contribution is -0.384. The summed E-state index contributed by atoms with van der Waals surface area (Å²) in [6.07, 6.45) is 1.80. The molecule has 9 nitrogen and oxygen atoms in total. The highest BCUT2D eigenvalue weighted by Crippen LogP contribution is 2.23. The van der Waals surface area contributed by atoms with Gasteiger partial charge in [0.05, 0.1) is 17.7 Å². The lowest BCUT2D eigenvalue weighted by Gasteiger charge is -2.21. The van der Waals surface area contributed by atoms with E-state index in [-0.39, 0.29) is 36.7 Å². The van der Waals surface area contributed by atoms with E-state index in [0.717, 1.165) is 11.1 Å². The second-order valence-corrected chi connectivity index (χ2v) is 7.75. The second kappa shape index (κ2) is 9.66. The predicted molar refractivity (Wildman–Crippen MR) is 120 cm³/mol. The van der Waals surface area contributed by atoms with E-state index in [4.69, 9.17) is 20.5 Å². The van der Waals surface area contributed by atoms with Crippen LogP contribution in [0.1, 0.15) is 27.6 Å². The minimum Gasteiger partial charge on any atom is -0.467 e. The van der Waals surface area contributed by atoms with Crippen LogP contribution in [0.2, 0.25) is 5.02 Å². The third kappa shape index (κ3) is 5.27. The molecular weight excluding hydrogens is 448 g/mol. The highest BCUT2D eigenvalue weighted by molar-refractivity contribution is 6.31. The Morgan fingerprint density at radius 1 is 1.18 bits per heavy atom. The van der Waals surface area contributed by atoms with Crippen LogP contribution in [0.5, 0.6) is 0 Å². The van der Waals surface area contributed by atoms with Crippen LogP contribution >= 0.6 is 11.6 Å². The van der Waals surface area contributed by atoms with Crippen molar-refractivity contribution < 1.29 is 18.7 Å². The fraction of sp³-hybridized carbons (Fsp3) is 0.174. The van der Waals surface area contributed by atoms with Gasteiger partial charge in [-0.1, -0.05) is 35.0 Å². The molecule has 10 heteroatoms. The Labute approximate surface area is 193 Å². The predicted octanol–water partition coefficient (Wildman–Crippen LogP) is 5.08. The van der Waals surface area contributed by atoms with Crippen LogP contribution in [0, 0.1) is 17.0 Å². The number of nitrogens with zero attached hydrogens (tertiary/aromatic N) is 4. The molecule has 0 unspecified atom stereocenters. The number of benzene rings is 2. The minimum absolute atomic E-state index is 0.155. The number of nitro benzene ring substituents is 1. The largest absolute Gasteiger partial charge is 0.467 e. The average Bonchev–Trinajstić information content (AvgIpc) is 3.50. The van der Waals surface area contributed by atoms with Gasteiger partial charge < -0.3 is 13.8 Å². The summed E-state index contributed by atoms with van der Waals surface area (Å²) in [5.41, 5.74) is 1.71. The van der Waals surface area contributed by atoms with Crippen molar-refractivity contribution in [3.8, 4) is 11.4 Å². The molecule has 0 aliphatic carbocycles. The molecule has 0 fully saturated rings. The van der Waals surface area contributed by atoms with Crippen molar-refractivity contribution in [2.45, 2.75) is 19.9 Å². The van der Waals surface area contributed by atoms with Gasteiger partial charge in [0.2, 0.25) is 11.7 Å². The normalized spacial score (nSPS) is 10.8. The summed E-state index contributed by atoms with van der Waals surface area (Å²) in [4.78, 5) is 29.6. The van der Waals surface area contributed by atoms with E-state index in [1.54, 1.807) is 18.2 Å². The third-order valence-electron chi connectivity index (χ3n) is 5.01. The highest BCUT2D eigenvalue weighted by Gasteiger charge is 2.21. The first-order chi connectivity index (χ1) is 15.9. The van der Waals surface area contributed by atoms with Crippen molar-refractivity contribution in [1.82, 2.24) is 15.0 Å². The van der Waals surface area contributed by atoms with Gasteiger partial charge >= 0.3 is 0 Å². The van der Waals surface area contributed by atoms with E-state index >= 15 is 0 Å². The molecule has 33 heavy (non-hydrogen) atoms. The molecule has 2 heterocycles. The maximum absolute atomic E-state index is 13.1. The van der Waals surface area contributed by atoms with Crippen LogP contribution in [-0.2, 0) is 13.0 Å². The number of carbonyl (C=O) groups is 1. The minimum atomic E-state index is -0.537. The smallest absolute Gasteiger partial charge is 0.270 e. The molecule has 0 bridgehead atoms. The molecule has 4 aromatic rings. The molecule has 0 saturated carbocycles. The van der Waals surface area contributed by atoms with Gasteiger partial charge in [-0.15, -0.1) is 0 Å². The molecule has 0 N–H and O–H groups in total. The van der Waals surface area contributed by atoms with Gasteiger partial charge in [-0.3, -0.25) is 14.9 Å². The average molecular weight is 467 g/mol. The first kappa shape index (κ1) is 22.2. The van der Waals surface area contributed by atoms with Crippen molar-refractivity contribution >= 4 is 23.2 Å². The van der Waals surface area contributed by atoms with Gasteiger partial charge in [0.15, 0.2) is 0 Å². The van der Waals surface area contributed by atoms with Crippen molar-refractivity contribution in [2.75, 3.05) is 6.54 Å². The molecule has 1 amide bonds. The molecule has 0 spiro atoms. The maximum Gasteiger partial charge on any atom is 0.270 e. The second-order valence-electron chi connectivity index (χ2n) is 7.34. The Bertz CT molecular complexity index is 1290. The van der Waals surface area contributed by atoms with Crippen LogP contribution in [0.3, 0.4) is 0 Å². The molecule has 0 aliphatic heterocycles. The van der Waals surface area contributed by atoms with Crippen LogP contribution in [0.15, 0.2) is 69.8 Å². The number of furan rings is 1. The summed E-state index contributed by atoms with van der Waals surface area (Å²) in [5.74, 6) is 0.946. The monoisotopic (exact) mass is 466 g/mol. The summed E-state index contributed by atoms with van der Waals surface area (Å²) in [5, 5.41) is 15.7. The van der Waals surface area contributed by atoms with Crippen molar-refractivity contribution in [1.29, 1.82) is 0 Å². The fourth-order valence-corrected chi connectivity index (χ4v) is 3.39. The number of hydrogen-bond acceptors (Lipinski definition) is 7. The summed E-state index contributed by atoms with van der Waals surface area (Å²) < 4.78 is 10.7. The molecule has 2 aromatic carbocycles. The summed E-state index contributed by atoms with van der Waals surface area (Å²) >= 11 is 6.18. The number of aromatic nitrogens is 2. The number of carbonyl (C=O) groups excluding carboxylic acids is 1. The van der Waals surface area contributed by atoms with Crippen molar-refractivity contribution in [2.24, 2.45) is 0 Å². The summed E-state index contributed by atoms with van der Waals surface area (Å²) in [7, 11) is 0. The number of nitro groups is 1. The fourth-order valence-electron chi connectivity index (χ4n) is 3.21. The number of hydrogen-bond donors (Lipinski definition) is 0. The van der Waals surface area contributed by atoms with E-state index in [2.05, 4.69) is 10.1 Å². The lowest BCUT2D eigenvalue weighted by atomic mass is 10.1. The van der Waals surface area contributed by atoms with E-state index < -0.39 is 4.92 Å². The first-order valence-electron chi connectivity index (χ1n) is 10.1. The van der Waals surface area contributed by atoms with Gasteiger partial charge in [0, 0.05) is 41.2 Å². The Hall–Kier alpha value is -3.98. The molecule has 4 rings (SSSR count). The number of amides is 1. The summed E-state index contributed by atoms with van der Waals surface area (Å²) in [6, 6.07) is 14.6. The van der Waals surface area contributed by atoms with Crippen LogP contribution in [0.4, 0.5) is 5.69 Å². The SMILES string of the molecule is Cc1ccc(-c2noc(CCN(Cc3ccco3)C(=O)c3cccc([N+](=O)[O-])c3)n2)cc1Cl. The van der Waals surface area contributed by atoms with Gasteiger partial charge in [0.1, 0.15) is 5.76 Å². The van der Waals surface area contributed by atoms with E-state index in [1.807, 2.05) is 19.1 Å². The van der Waals surface area contributed by atoms with Gasteiger partial charge in [-0.2, -0.15) is 4.98 Å². The standard InChI is InChI=1S/C23H19ClN4O5/c1-15-7-8-16(13-20(15)24)22-25-21(33-26-22)9-10-27(14-19-6-3-11-32-19)23(29)17-4-2-5-18(12-17)28(30)31/h2-8,11-13H,9-10,14H2,1H3. The van der Waals surface area contributed by atoms with Crippen LogP contribution < -0.4 is 0 Å². The highest BCUT2D eigenvalue weighted by atomic mass is 35.5. The Morgan fingerprint density at radius 3 is 2.76 bits per heavy atom. The molecule has 0 saturated heterocycles. The Balaban J connectivity index is 1.52. The quantitative estimate of drug-likeness (QED) is 0.262. The Morgan fingerprint density at radius 2 is 2.03 bits per heavy atom. The first-order valence-corrected chi connectivity index (χ1v) is 10.4. The van der Waals surface area contributed by atoms with Gasteiger partial charge in [-0.25, -0.2) is 0 Å². The molecule has 168 valence electrons.